The van der Waals surface area contributed by atoms with Crippen LogP contribution in [0.4, 0.5) is 5.69 Å². The molecule has 6 nitrogen and oxygen atoms in total. The molecule has 0 spiro atoms. The molecule has 1 heterocycles. The quantitative estimate of drug-likeness (QED) is 0.521. The molecule has 1 aliphatic rings. The number of anilines is 1. The van der Waals surface area contributed by atoms with E-state index in [4.69, 9.17) is 12.2 Å². The van der Waals surface area contributed by atoms with Gasteiger partial charge in [-0.2, -0.15) is 0 Å². The molecular weight excluding hydrogens is 356 g/mol. The number of unbranched alkanes of at least 4 members (excludes halogenated alkanes) is 1. The van der Waals surface area contributed by atoms with E-state index >= 15 is 0 Å². The van der Waals surface area contributed by atoms with Crippen molar-refractivity contribution in [2.45, 2.75) is 38.5 Å². The lowest BCUT2D eigenvalue weighted by Crippen LogP contribution is -2.39. The van der Waals surface area contributed by atoms with Gasteiger partial charge in [0.1, 0.15) is 0 Å². The zero-order valence-corrected chi connectivity index (χ0v) is 16.3. The van der Waals surface area contributed by atoms with E-state index in [1.165, 1.54) is 0 Å². The lowest BCUT2D eigenvalue weighted by Gasteiger charge is -2.30. The molecule has 0 bridgehead atoms. The second kappa shape index (κ2) is 8.35. The SMILES string of the molecule is CCCCNC(=S)NS(=O)(=O)c1ccc(N2NC(C)=CC=C2C)cc1. The maximum absolute atomic E-state index is 12.4. The third-order valence-electron chi connectivity index (χ3n) is 3.66. The summed E-state index contributed by atoms with van der Waals surface area (Å²) in [5.41, 5.74) is 6.10. The number of hydrogen-bond acceptors (Lipinski definition) is 5. The number of hydrazine groups is 1. The Morgan fingerprint density at radius 3 is 2.52 bits per heavy atom. The van der Waals surface area contributed by atoms with Crippen molar-refractivity contribution in [3.05, 3.63) is 47.8 Å². The van der Waals surface area contributed by atoms with Gasteiger partial charge in [0.15, 0.2) is 5.11 Å². The summed E-state index contributed by atoms with van der Waals surface area (Å²) in [4.78, 5) is 0.168. The predicted molar refractivity (Wildman–Crippen MR) is 105 cm³/mol. The van der Waals surface area contributed by atoms with Gasteiger partial charge in [0.05, 0.1) is 10.6 Å². The topological polar surface area (TPSA) is 73.5 Å². The number of nitrogens with zero attached hydrogens (tertiary/aromatic N) is 1. The number of sulfonamides is 1. The van der Waals surface area contributed by atoms with Crippen LogP contribution >= 0.6 is 12.2 Å². The highest BCUT2D eigenvalue weighted by atomic mass is 32.2. The molecule has 3 N–H and O–H groups in total. The Kier molecular flexibility index (Phi) is 6.44. The number of rotatable bonds is 6. The van der Waals surface area contributed by atoms with E-state index in [2.05, 4.69) is 22.4 Å². The minimum Gasteiger partial charge on any atom is -0.362 e. The zero-order chi connectivity index (χ0) is 18.4. The fourth-order valence-corrected chi connectivity index (χ4v) is 3.62. The lowest BCUT2D eigenvalue weighted by atomic mass is 10.2. The van der Waals surface area contributed by atoms with Gasteiger partial charge >= 0.3 is 0 Å². The summed E-state index contributed by atoms with van der Waals surface area (Å²) in [5.74, 6) is 0. The summed E-state index contributed by atoms with van der Waals surface area (Å²) >= 11 is 5.04. The van der Waals surface area contributed by atoms with Crippen LogP contribution in [0.3, 0.4) is 0 Å². The molecule has 1 aliphatic heterocycles. The van der Waals surface area contributed by atoms with Crippen molar-refractivity contribution in [1.29, 1.82) is 0 Å². The van der Waals surface area contributed by atoms with E-state index in [0.717, 1.165) is 29.9 Å². The molecule has 0 unspecified atom stereocenters. The van der Waals surface area contributed by atoms with Gasteiger partial charge in [0, 0.05) is 17.9 Å². The van der Waals surface area contributed by atoms with E-state index in [1.54, 1.807) is 24.3 Å². The first-order valence-electron chi connectivity index (χ1n) is 8.16. The average Bonchev–Trinajstić information content (AvgIpc) is 2.57. The molecule has 1 aromatic rings. The van der Waals surface area contributed by atoms with Crippen LogP contribution in [-0.4, -0.2) is 20.1 Å². The summed E-state index contributed by atoms with van der Waals surface area (Å²) in [6, 6.07) is 6.64. The van der Waals surface area contributed by atoms with Crippen molar-refractivity contribution >= 4 is 33.0 Å². The second-order valence-electron chi connectivity index (χ2n) is 5.81. The van der Waals surface area contributed by atoms with Crippen molar-refractivity contribution in [2.75, 3.05) is 11.6 Å². The molecule has 0 amide bonds. The van der Waals surface area contributed by atoms with Crippen molar-refractivity contribution in [3.8, 4) is 0 Å². The molecule has 0 atom stereocenters. The number of allylic oxidation sites excluding steroid dienone is 4. The van der Waals surface area contributed by atoms with Crippen LogP contribution in [0.15, 0.2) is 52.7 Å². The molecule has 0 radical (unpaired) electrons. The Balaban J connectivity index is 2.07. The predicted octanol–water partition coefficient (Wildman–Crippen LogP) is 2.77. The first kappa shape index (κ1) is 19.3. The Labute approximate surface area is 155 Å². The minimum atomic E-state index is -3.69. The summed E-state index contributed by atoms with van der Waals surface area (Å²) < 4.78 is 27.2. The zero-order valence-electron chi connectivity index (χ0n) is 14.7. The first-order chi connectivity index (χ1) is 11.8. The molecular formula is C17H24N4O2S2. The highest BCUT2D eigenvalue weighted by Crippen LogP contribution is 2.22. The standard InChI is InChI=1S/C17H24N4O2S2/c1-4-5-12-18-17(24)20-25(22,23)16-10-8-15(9-11-16)21-14(3)7-6-13(2)19-21/h6-11,19H,4-5,12H2,1-3H3,(H2,18,20,24). The van der Waals surface area contributed by atoms with Crippen LogP contribution in [0.2, 0.25) is 0 Å². The largest absolute Gasteiger partial charge is 0.362 e. The van der Waals surface area contributed by atoms with Crippen molar-refractivity contribution in [1.82, 2.24) is 15.5 Å². The third-order valence-corrected chi connectivity index (χ3v) is 5.40. The Morgan fingerprint density at radius 1 is 1.20 bits per heavy atom. The van der Waals surface area contributed by atoms with Gasteiger partial charge in [-0.05, 0) is 68.9 Å². The van der Waals surface area contributed by atoms with Crippen LogP contribution in [0.1, 0.15) is 33.6 Å². The van der Waals surface area contributed by atoms with Gasteiger partial charge in [-0.15, -0.1) is 0 Å². The Morgan fingerprint density at radius 2 is 1.88 bits per heavy atom. The molecule has 2 rings (SSSR count). The normalized spacial score (nSPS) is 14.3. The molecule has 0 aliphatic carbocycles. The second-order valence-corrected chi connectivity index (χ2v) is 7.90. The van der Waals surface area contributed by atoms with E-state index in [0.29, 0.717) is 6.54 Å². The molecule has 136 valence electrons. The van der Waals surface area contributed by atoms with E-state index in [-0.39, 0.29) is 10.0 Å². The number of nitrogens with one attached hydrogen (secondary N) is 3. The van der Waals surface area contributed by atoms with Gasteiger partial charge in [0.25, 0.3) is 10.0 Å². The number of thiocarbonyl (C=S) groups is 1. The molecule has 0 saturated carbocycles. The average molecular weight is 381 g/mol. The van der Waals surface area contributed by atoms with Crippen LogP contribution in [0.25, 0.3) is 0 Å². The molecule has 25 heavy (non-hydrogen) atoms. The molecule has 0 fully saturated rings. The van der Waals surface area contributed by atoms with Crippen molar-refractivity contribution < 1.29 is 8.42 Å². The third kappa shape index (κ3) is 5.20. The summed E-state index contributed by atoms with van der Waals surface area (Å²) in [7, 11) is -3.69. The van der Waals surface area contributed by atoms with Gasteiger partial charge in [0.2, 0.25) is 0 Å². The van der Waals surface area contributed by atoms with Crippen molar-refractivity contribution in [2.24, 2.45) is 0 Å². The monoisotopic (exact) mass is 380 g/mol. The Hall–Kier alpha value is -2.06. The number of benzene rings is 1. The van der Waals surface area contributed by atoms with E-state index in [1.807, 2.05) is 31.0 Å². The van der Waals surface area contributed by atoms with Crippen LogP contribution in [0, 0.1) is 0 Å². The highest BCUT2D eigenvalue weighted by Gasteiger charge is 2.17. The molecule has 0 aromatic heterocycles. The van der Waals surface area contributed by atoms with E-state index < -0.39 is 10.0 Å². The molecule has 0 saturated heterocycles. The van der Waals surface area contributed by atoms with Crippen LogP contribution in [0.5, 0.6) is 0 Å². The van der Waals surface area contributed by atoms with Gasteiger partial charge < -0.3 is 5.32 Å². The maximum Gasteiger partial charge on any atom is 0.263 e. The van der Waals surface area contributed by atoms with Crippen LogP contribution < -0.4 is 20.5 Å². The smallest absolute Gasteiger partial charge is 0.263 e. The minimum absolute atomic E-state index is 0.120. The maximum atomic E-state index is 12.4. The lowest BCUT2D eigenvalue weighted by molar-refractivity contribution is 0.591. The van der Waals surface area contributed by atoms with Gasteiger partial charge in [-0.1, -0.05) is 13.3 Å². The van der Waals surface area contributed by atoms with Crippen molar-refractivity contribution in [3.63, 3.8) is 0 Å². The number of hydrogen-bond donors (Lipinski definition) is 3. The highest BCUT2D eigenvalue weighted by molar-refractivity contribution is 7.91. The summed E-state index contributed by atoms with van der Waals surface area (Å²) in [6.45, 7) is 6.64. The van der Waals surface area contributed by atoms with Gasteiger partial charge in [-0.25, -0.2) is 8.42 Å². The van der Waals surface area contributed by atoms with Crippen LogP contribution in [-0.2, 0) is 10.0 Å². The summed E-state index contributed by atoms with van der Waals surface area (Å²) in [6.07, 6.45) is 5.93. The first-order valence-corrected chi connectivity index (χ1v) is 10.1. The fraction of sp³-hybridized carbons (Fsp3) is 0.353. The fourth-order valence-electron chi connectivity index (χ4n) is 2.26. The Bertz CT molecular complexity index is 783. The molecule has 1 aromatic carbocycles. The summed E-state index contributed by atoms with van der Waals surface area (Å²) in [5, 5.41) is 4.91. The van der Waals surface area contributed by atoms with E-state index in [9.17, 15) is 8.42 Å². The molecule has 8 heteroatoms. The van der Waals surface area contributed by atoms with Gasteiger partial charge in [-0.3, -0.25) is 15.2 Å².